The summed E-state index contributed by atoms with van der Waals surface area (Å²) in [5.74, 6) is 0.793. The lowest BCUT2D eigenvalue weighted by atomic mass is 9.85. The minimum atomic E-state index is 0.380. The molecule has 1 radical (unpaired) electrons. The van der Waals surface area contributed by atoms with Crippen molar-refractivity contribution in [3.63, 3.8) is 0 Å². The van der Waals surface area contributed by atoms with Gasteiger partial charge in [-0.15, -0.1) is 0 Å². The standard InChI is InChI=1S/C11H19O/c1-2-3-9-11(12)10-7-5-4-6-8-10/h9-10H,2-8H2,1H3. The van der Waals surface area contributed by atoms with Gasteiger partial charge in [0, 0.05) is 12.3 Å². The molecular formula is C11H19O. The normalized spacial score (nSPS) is 19.4. The Hall–Kier alpha value is -0.330. The fourth-order valence-electron chi connectivity index (χ4n) is 1.84. The molecule has 0 atom stereocenters. The van der Waals surface area contributed by atoms with Crippen LogP contribution in [0.1, 0.15) is 51.9 Å². The lowest BCUT2D eigenvalue weighted by molar-refractivity contribution is -0.120. The highest BCUT2D eigenvalue weighted by Crippen LogP contribution is 2.25. The minimum Gasteiger partial charge on any atom is -0.299 e. The van der Waals surface area contributed by atoms with Gasteiger partial charge in [-0.05, 0) is 19.3 Å². The summed E-state index contributed by atoms with van der Waals surface area (Å²) in [5.41, 5.74) is 0. The molecule has 0 aromatic carbocycles. The summed E-state index contributed by atoms with van der Waals surface area (Å²) in [4.78, 5) is 11.5. The second kappa shape index (κ2) is 5.34. The van der Waals surface area contributed by atoms with Crippen LogP contribution in [-0.4, -0.2) is 5.78 Å². The first-order valence-electron chi connectivity index (χ1n) is 5.21. The molecule has 1 heteroatoms. The van der Waals surface area contributed by atoms with Crippen molar-refractivity contribution in [1.82, 2.24) is 0 Å². The summed E-state index contributed by atoms with van der Waals surface area (Å²) in [6.07, 6.45) is 10.1. The van der Waals surface area contributed by atoms with Gasteiger partial charge in [0.2, 0.25) is 0 Å². The van der Waals surface area contributed by atoms with Crippen molar-refractivity contribution >= 4 is 5.78 Å². The third-order valence-corrected chi connectivity index (χ3v) is 2.64. The third kappa shape index (κ3) is 2.96. The molecule has 69 valence electrons. The molecule has 0 aromatic heterocycles. The van der Waals surface area contributed by atoms with Crippen LogP contribution in [0.3, 0.4) is 0 Å². The molecule has 0 spiro atoms. The number of carbonyl (C=O) groups excluding carboxylic acids is 1. The van der Waals surface area contributed by atoms with Gasteiger partial charge in [-0.1, -0.05) is 32.6 Å². The Morgan fingerprint density at radius 3 is 2.58 bits per heavy atom. The van der Waals surface area contributed by atoms with Crippen LogP contribution < -0.4 is 0 Å². The number of ketones is 1. The van der Waals surface area contributed by atoms with Crippen LogP contribution in [0.5, 0.6) is 0 Å². The third-order valence-electron chi connectivity index (χ3n) is 2.64. The second-order valence-electron chi connectivity index (χ2n) is 3.73. The molecular weight excluding hydrogens is 148 g/mol. The molecule has 0 aliphatic heterocycles. The molecule has 1 aliphatic carbocycles. The van der Waals surface area contributed by atoms with Crippen molar-refractivity contribution < 1.29 is 4.79 Å². The minimum absolute atomic E-state index is 0.380. The maximum absolute atomic E-state index is 11.5. The molecule has 1 nitrogen and oxygen atoms in total. The summed E-state index contributed by atoms with van der Waals surface area (Å²) in [5, 5.41) is 0. The molecule has 0 saturated heterocycles. The van der Waals surface area contributed by atoms with Crippen LogP contribution in [0, 0.1) is 12.3 Å². The van der Waals surface area contributed by atoms with Gasteiger partial charge in [0.25, 0.3) is 0 Å². The van der Waals surface area contributed by atoms with E-state index in [1.807, 2.05) is 6.42 Å². The molecule has 0 amide bonds. The number of unbranched alkanes of at least 4 members (excludes halogenated alkanes) is 1. The summed E-state index contributed by atoms with van der Waals surface area (Å²) < 4.78 is 0. The predicted molar refractivity (Wildman–Crippen MR) is 50.8 cm³/mol. The van der Waals surface area contributed by atoms with Crippen molar-refractivity contribution in [3.05, 3.63) is 6.42 Å². The average molecular weight is 167 g/mol. The highest BCUT2D eigenvalue weighted by molar-refractivity contribution is 5.88. The molecule has 0 aromatic rings. The monoisotopic (exact) mass is 167 g/mol. The van der Waals surface area contributed by atoms with E-state index in [9.17, 15) is 4.79 Å². The van der Waals surface area contributed by atoms with Crippen LogP contribution in [0.4, 0.5) is 0 Å². The van der Waals surface area contributed by atoms with Crippen LogP contribution in [0.2, 0.25) is 0 Å². The second-order valence-corrected chi connectivity index (χ2v) is 3.73. The van der Waals surface area contributed by atoms with Gasteiger partial charge in [0.15, 0.2) is 0 Å². The van der Waals surface area contributed by atoms with Crippen LogP contribution in [0.15, 0.2) is 0 Å². The van der Waals surface area contributed by atoms with Crippen LogP contribution in [-0.2, 0) is 4.79 Å². The highest BCUT2D eigenvalue weighted by atomic mass is 16.1. The fourth-order valence-corrected chi connectivity index (χ4v) is 1.84. The van der Waals surface area contributed by atoms with E-state index in [2.05, 4.69) is 6.92 Å². The van der Waals surface area contributed by atoms with E-state index in [-0.39, 0.29) is 0 Å². The molecule has 0 N–H and O–H groups in total. The lowest BCUT2D eigenvalue weighted by Gasteiger charge is -2.19. The summed E-state index contributed by atoms with van der Waals surface area (Å²) >= 11 is 0. The zero-order valence-corrected chi connectivity index (χ0v) is 8.01. The molecule has 0 heterocycles. The number of carbonyl (C=O) groups is 1. The zero-order valence-electron chi connectivity index (χ0n) is 8.01. The van der Waals surface area contributed by atoms with Gasteiger partial charge < -0.3 is 0 Å². The molecule has 0 unspecified atom stereocenters. The Morgan fingerprint density at radius 1 is 1.33 bits per heavy atom. The largest absolute Gasteiger partial charge is 0.299 e. The van der Waals surface area contributed by atoms with Gasteiger partial charge in [-0.25, -0.2) is 0 Å². The summed E-state index contributed by atoms with van der Waals surface area (Å²) in [6, 6.07) is 0. The number of Topliss-reactive ketones (excluding diaryl/α,β-unsaturated/α-hetero) is 1. The smallest absolute Gasteiger partial charge is 0.139 e. The van der Waals surface area contributed by atoms with Gasteiger partial charge in [0.05, 0.1) is 0 Å². The molecule has 1 fully saturated rings. The molecule has 1 saturated carbocycles. The van der Waals surface area contributed by atoms with Gasteiger partial charge in [0.1, 0.15) is 5.78 Å². The molecule has 1 aliphatic rings. The number of hydrogen-bond donors (Lipinski definition) is 0. The lowest BCUT2D eigenvalue weighted by Crippen LogP contribution is -2.17. The fraction of sp³-hybridized carbons (Fsp3) is 0.818. The van der Waals surface area contributed by atoms with Crippen molar-refractivity contribution in [3.8, 4) is 0 Å². The Kier molecular flexibility index (Phi) is 4.34. The summed E-state index contributed by atoms with van der Waals surface area (Å²) in [6.45, 7) is 2.12. The van der Waals surface area contributed by atoms with E-state index >= 15 is 0 Å². The Bertz CT molecular complexity index is 134. The van der Waals surface area contributed by atoms with Crippen molar-refractivity contribution in [2.45, 2.75) is 51.9 Å². The van der Waals surface area contributed by atoms with Gasteiger partial charge in [-0.3, -0.25) is 4.79 Å². The quantitative estimate of drug-likeness (QED) is 0.628. The Balaban J connectivity index is 2.20. The topological polar surface area (TPSA) is 17.1 Å². The average Bonchev–Trinajstić information content (AvgIpc) is 2.15. The van der Waals surface area contributed by atoms with Gasteiger partial charge >= 0.3 is 0 Å². The maximum Gasteiger partial charge on any atom is 0.139 e. The SMILES string of the molecule is CCC[CH]C(=O)C1CCCCC1. The van der Waals surface area contributed by atoms with Crippen molar-refractivity contribution in [2.24, 2.45) is 5.92 Å². The molecule has 0 bridgehead atoms. The van der Waals surface area contributed by atoms with E-state index in [1.165, 1.54) is 19.3 Å². The first-order valence-corrected chi connectivity index (χ1v) is 5.21. The summed E-state index contributed by atoms with van der Waals surface area (Å²) in [7, 11) is 0. The van der Waals surface area contributed by atoms with Crippen LogP contribution in [0.25, 0.3) is 0 Å². The first kappa shape index (κ1) is 9.76. The van der Waals surface area contributed by atoms with Crippen molar-refractivity contribution in [2.75, 3.05) is 0 Å². The number of hydrogen-bond acceptors (Lipinski definition) is 1. The van der Waals surface area contributed by atoms with E-state index in [1.54, 1.807) is 0 Å². The Morgan fingerprint density at radius 2 is 2.00 bits per heavy atom. The van der Waals surface area contributed by atoms with Crippen LogP contribution >= 0.6 is 0 Å². The van der Waals surface area contributed by atoms with E-state index in [4.69, 9.17) is 0 Å². The first-order chi connectivity index (χ1) is 5.84. The Labute approximate surface area is 75.5 Å². The molecule has 12 heavy (non-hydrogen) atoms. The van der Waals surface area contributed by atoms with Gasteiger partial charge in [-0.2, -0.15) is 0 Å². The van der Waals surface area contributed by atoms with E-state index < -0.39 is 0 Å². The maximum atomic E-state index is 11.5. The highest BCUT2D eigenvalue weighted by Gasteiger charge is 2.19. The van der Waals surface area contributed by atoms with E-state index in [0.29, 0.717) is 11.7 Å². The zero-order chi connectivity index (χ0) is 8.81. The predicted octanol–water partition coefficient (Wildman–Crippen LogP) is 3.14. The van der Waals surface area contributed by atoms with Crippen molar-refractivity contribution in [1.29, 1.82) is 0 Å². The van der Waals surface area contributed by atoms with E-state index in [0.717, 1.165) is 25.7 Å². The molecule has 1 rings (SSSR count). The number of rotatable bonds is 4.